The number of benzene rings is 2. The quantitative estimate of drug-likeness (QED) is 0.500. The molecule has 1 fully saturated rings. The average Bonchev–Trinajstić information content (AvgIpc) is 2.72. The zero-order valence-corrected chi connectivity index (χ0v) is 15.5. The van der Waals surface area contributed by atoms with E-state index in [2.05, 4.69) is 29.2 Å². The Labute approximate surface area is 157 Å². The van der Waals surface area contributed by atoms with Gasteiger partial charge in [-0.15, -0.1) is 0 Å². The Morgan fingerprint density at radius 2 is 1.58 bits per heavy atom. The minimum Gasteiger partial charge on any atom is -0.381 e. The molecule has 2 aromatic carbocycles. The van der Waals surface area contributed by atoms with Crippen LogP contribution in [0.3, 0.4) is 0 Å². The molecule has 0 amide bonds. The van der Waals surface area contributed by atoms with E-state index in [0.717, 1.165) is 64.1 Å². The number of rotatable bonds is 9. The highest BCUT2D eigenvalue weighted by Gasteiger charge is 2.25. The Kier molecular flexibility index (Phi) is 7.41. The van der Waals surface area contributed by atoms with Crippen LogP contribution in [0.4, 0.5) is 0 Å². The van der Waals surface area contributed by atoms with Crippen molar-refractivity contribution in [2.75, 3.05) is 32.8 Å². The second kappa shape index (κ2) is 10.2. The van der Waals surface area contributed by atoms with E-state index < -0.39 is 0 Å². The van der Waals surface area contributed by atoms with Gasteiger partial charge in [-0.3, -0.25) is 4.79 Å². The fourth-order valence-corrected chi connectivity index (χ4v) is 3.58. The summed E-state index contributed by atoms with van der Waals surface area (Å²) in [6.45, 7) is 4.71. The molecule has 3 heteroatoms. The van der Waals surface area contributed by atoms with Crippen LogP contribution in [0.25, 0.3) is 0 Å². The summed E-state index contributed by atoms with van der Waals surface area (Å²) in [5, 5.41) is 0. The topological polar surface area (TPSA) is 29.5 Å². The molecule has 0 atom stereocenters. The van der Waals surface area contributed by atoms with Crippen molar-refractivity contribution < 1.29 is 9.53 Å². The number of likely N-dealkylation sites (tertiary alicyclic amines) is 1. The fraction of sp³-hybridized carbons (Fsp3) is 0.435. The van der Waals surface area contributed by atoms with Gasteiger partial charge < -0.3 is 9.64 Å². The minimum absolute atomic E-state index is 0.191. The zero-order valence-electron chi connectivity index (χ0n) is 15.5. The molecule has 2 aromatic rings. The third-order valence-corrected chi connectivity index (χ3v) is 5.16. The predicted molar refractivity (Wildman–Crippen MR) is 106 cm³/mol. The standard InChI is InChI=1S/C23H29NO2/c25-23(21-10-5-2-6-11-21)22-12-16-24(17-13-22)15-7-18-26-19-14-20-8-3-1-4-9-20/h1-6,8-11,22H,7,12-19H2. The molecule has 0 bridgehead atoms. The first-order valence-corrected chi connectivity index (χ1v) is 9.76. The number of hydrogen-bond donors (Lipinski definition) is 0. The van der Waals surface area contributed by atoms with Crippen LogP contribution in [0.5, 0.6) is 0 Å². The van der Waals surface area contributed by atoms with E-state index in [-0.39, 0.29) is 5.92 Å². The van der Waals surface area contributed by atoms with Crippen LogP contribution < -0.4 is 0 Å². The van der Waals surface area contributed by atoms with Crippen LogP contribution in [0, 0.1) is 5.92 Å². The monoisotopic (exact) mass is 351 g/mol. The molecule has 0 aliphatic carbocycles. The number of Topliss-reactive ketones (excluding diaryl/α,β-unsaturated/α-hetero) is 1. The van der Waals surface area contributed by atoms with Gasteiger partial charge in [-0.2, -0.15) is 0 Å². The van der Waals surface area contributed by atoms with Gasteiger partial charge in [0.1, 0.15) is 0 Å². The lowest BCUT2D eigenvalue weighted by atomic mass is 9.89. The van der Waals surface area contributed by atoms with Crippen molar-refractivity contribution in [1.29, 1.82) is 0 Å². The molecule has 3 nitrogen and oxygen atoms in total. The number of carbonyl (C=O) groups is 1. The molecular weight excluding hydrogens is 322 g/mol. The van der Waals surface area contributed by atoms with E-state index in [9.17, 15) is 4.79 Å². The number of ether oxygens (including phenoxy) is 1. The second-order valence-corrected chi connectivity index (χ2v) is 7.05. The van der Waals surface area contributed by atoms with Gasteiger partial charge in [-0.05, 0) is 44.3 Å². The van der Waals surface area contributed by atoms with Gasteiger partial charge >= 0.3 is 0 Å². The molecule has 3 rings (SSSR count). The first-order valence-electron chi connectivity index (χ1n) is 9.76. The van der Waals surface area contributed by atoms with E-state index >= 15 is 0 Å². The third-order valence-electron chi connectivity index (χ3n) is 5.16. The van der Waals surface area contributed by atoms with Crippen LogP contribution >= 0.6 is 0 Å². The Balaban J connectivity index is 1.27. The molecule has 0 saturated carbocycles. The lowest BCUT2D eigenvalue weighted by Gasteiger charge is -2.31. The van der Waals surface area contributed by atoms with Gasteiger partial charge in [0.2, 0.25) is 0 Å². The van der Waals surface area contributed by atoms with Crippen molar-refractivity contribution in [3.8, 4) is 0 Å². The van der Waals surface area contributed by atoms with Crippen LogP contribution in [-0.2, 0) is 11.2 Å². The Morgan fingerprint density at radius 1 is 0.923 bits per heavy atom. The van der Waals surface area contributed by atoms with Crippen LogP contribution in [0.1, 0.15) is 35.2 Å². The molecule has 0 aromatic heterocycles. The highest BCUT2D eigenvalue weighted by atomic mass is 16.5. The summed E-state index contributed by atoms with van der Waals surface area (Å²) in [7, 11) is 0. The first-order chi connectivity index (χ1) is 12.8. The Bertz CT molecular complexity index is 648. The molecule has 1 aliphatic heterocycles. The summed E-state index contributed by atoms with van der Waals surface area (Å²) in [4.78, 5) is 15.0. The van der Waals surface area contributed by atoms with Crippen LogP contribution in [0.15, 0.2) is 60.7 Å². The predicted octanol–water partition coefficient (Wildman–Crippen LogP) is 4.23. The molecule has 1 heterocycles. The number of piperidine rings is 1. The summed E-state index contributed by atoms with van der Waals surface area (Å²) >= 11 is 0. The van der Waals surface area contributed by atoms with Crippen molar-refractivity contribution >= 4 is 5.78 Å². The maximum atomic E-state index is 12.5. The molecule has 0 spiro atoms. The molecule has 1 saturated heterocycles. The number of ketones is 1. The lowest BCUT2D eigenvalue weighted by Crippen LogP contribution is -2.37. The van der Waals surface area contributed by atoms with Gasteiger partial charge in [0, 0.05) is 24.6 Å². The Hall–Kier alpha value is -1.97. The molecule has 26 heavy (non-hydrogen) atoms. The van der Waals surface area contributed by atoms with Crippen molar-refractivity contribution in [2.24, 2.45) is 5.92 Å². The molecule has 0 N–H and O–H groups in total. The average molecular weight is 351 g/mol. The molecule has 138 valence electrons. The Morgan fingerprint density at radius 3 is 2.27 bits per heavy atom. The van der Waals surface area contributed by atoms with Crippen molar-refractivity contribution in [3.63, 3.8) is 0 Å². The van der Waals surface area contributed by atoms with Gasteiger partial charge in [-0.1, -0.05) is 60.7 Å². The molecular formula is C23H29NO2. The summed E-state index contributed by atoms with van der Waals surface area (Å²) in [5.74, 6) is 0.505. The SMILES string of the molecule is O=C(c1ccccc1)C1CCN(CCCOCCc2ccccc2)CC1. The lowest BCUT2D eigenvalue weighted by molar-refractivity contribution is 0.0816. The molecule has 0 radical (unpaired) electrons. The third kappa shape index (κ3) is 5.79. The largest absolute Gasteiger partial charge is 0.381 e. The highest BCUT2D eigenvalue weighted by Crippen LogP contribution is 2.21. The number of carbonyl (C=O) groups excluding carboxylic acids is 1. The van der Waals surface area contributed by atoms with E-state index in [0.29, 0.717) is 5.78 Å². The molecule has 0 unspecified atom stereocenters. The summed E-state index contributed by atoms with van der Waals surface area (Å²) < 4.78 is 5.77. The van der Waals surface area contributed by atoms with E-state index in [1.54, 1.807) is 0 Å². The van der Waals surface area contributed by atoms with E-state index in [1.165, 1.54) is 5.56 Å². The van der Waals surface area contributed by atoms with E-state index in [4.69, 9.17) is 4.74 Å². The van der Waals surface area contributed by atoms with Crippen molar-refractivity contribution in [3.05, 3.63) is 71.8 Å². The van der Waals surface area contributed by atoms with Crippen LogP contribution in [0.2, 0.25) is 0 Å². The normalized spacial score (nSPS) is 15.8. The van der Waals surface area contributed by atoms with Gasteiger partial charge in [0.05, 0.1) is 6.61 Å². The zero-order chi connectivity index (χ0) is 18.0. The van der Waals surface area contributed by atoms with Gasteiger partial charge in [0.15, 0.2) is 5.78 Å². The highest BCUT2D eigenvalue weighted by molar-refractivity contribution is 5.97. The van der Waals surface area contributed by atoms with Gasteiger partial charge in [0.25, 0.3) is 0 Å². The van der Waals surface area contributed by atoms with Gasteiger partial charge in [-0.25, -0.2) is 0 Å². The first kappa shape index (κ1) is 18.8. The van der Waals surface area contributed by atoms with E-state index in [1.807, 2.05) is 36.4 Å². The minimum atomic E-state index is 0.191. The summed E-state index contributed by atoms with van der Waals surface area (Å²) in [6.07, 6.45) is 3.99. The second-order valence-electron chi connectivity index (χ2n) is 7.05. The van der Waals surface area contributed by atoms with Crippen molar-refractivity contribution in [1.82, 2.24) is 4.90 Å². The van der Waals surface area contributed by atoms with Crippen molar-refractivity contribution in [2.45, 2.75) is 25.7 Å². The summed E-state index contributed by atoms with van der Waals surface area (Å²) in [6, 6.07) is 20.2. The van der Waals surface area contributed by atoms with Crippen LogP contribution in [-0.4, -0.2) is 43.5 Å². The smallest absolute Gasteiger partial charge is 0.166 e. The summed E-state index contributed by atoms with van der Waals surface area (Å²) in [5.41, 5.74) is 2.19. The fourth-order valence-electron chi connectivity index (χ4n) is 3.58. The number of nitrogens with zero attached hydrogens (tertiary/aromatic N) is 1. The molecule has 1 aliphatic rings. The number of hydrogen-bond acceptors (Lipinski definition) is 3. The maximum absolute atomic E-state index is 12.5. The maximum Gasteiger partial charge on any atom is 0.166 e.